The molecule has 0 radical (unpaired) electrons. The Bertz CT molecular complexity index is 445. The van der Waals surface area contributed by atoms with Crippen LogP contribution >= 0.6 is 44.5 Å². The van der Waals surface area contributed by atoms with Crippen LogP contribution < -0.4 is 0 Å². The minimum absolute atomic E-state index is 0. The molecule has 0 N–H and O–H groups in total. The molecule has 1 aromatic carbocycles. The zero-order valence-corrected chi connectivity index (χ0v) is 11.3. The van der Waals surface area contributed by atoms with Gasteiger partial charge in [0.1, 0.15) is 5.15 Å². The molecular formula is C10H8Br2ClN. The van der Waals surface area contributed by atoms with Crippen LogP contribution in [0.3, 0.4) is 0 Å². The molecule has 0 saturated heterocycles. The van der Waals surface area contributed by atoms with Gasteiger partial charge in [0, 0.05) is 10.7 Å². The maximum absolute atomic E-state index is 5.77. The first-order chi connectivity index (χ1) is 6.29. The summed E-state index contributed by atoms with van der Waals surface area (Å²) in [5.74, 6) is 0. The van der Waals surface area contributed by atoms with Crippen LogP contribution in [0.1, 0.15) is 5.56 Å². The number of halogens is 3. The number of hydrogen-bond donors (Lipinski definition) is 0. The van der Waals surface area contributed by atoms with Crippen LogP contribution in [-0.4, -0.2) is 4.98 Å². The summed E-state index contributed by atoms with van der Waals surface area (Å²) < 4.78 is 0. The quantitative estimate of drug-likeness (QED) is 0.556. The molecule has 0 amide bonds. The minimum Gasteiger partial charge on any atom is -0.236 e. The Morgan fingerprint density at radius 1 is 1.21 bits per heavy atom. The first-order valence-corrected chi connectivity index (χ1v) is 5.41. The van der Waals surface area contributed by atoms with Gasteiger partial charge >= 0.3 is 0 Å². The fraction of sp³-hybridized carbons (Fsp3) is 0.100. The highest BCUT2D eigenvalue weighted by Crippen LogP contribution is 2.18. The van der Waals surface area contributed by atoms with Crippen molar-refractivity contribution >= 4 is 55.4 Å². The molecule has 1 aromatic heterocycles. The molecule has 0 aliphatic heterocycles. The summed E-state index contributed by atoms with van der Waals surface area (Å²) in [6, 6.07) is 9.92. The van der Waals surface area contributed by atoms with E-state index < -0.39 is 0 Å². The average Bonchev–Trinajstić information content (AvgIpc) is 2.17. The lowest BCUT2D eigenvalue weighted by Gasteiger charge is -1.99. The maximum atomic E-state index is 5.77. The fourth-order valence-corrected chi connectivity index (χ4v) is 1.74. The third-order valence-corrected chi connectivity index (χ3v) is 2.73. The molecule has 74 valence electrons. The van der Waals surface area contributed by atoms with Crippen molar-refractivity contribution < 1.29 is 0 Å². The van der Waals surface area contributed by atoms with E-state index in [0.717, 1.165) is 16.2 Å². The second-order valence-electron chi connectivity index (χ2n) is 2.79. The van der Waals surface area contributed by atoms with Gasteiger partial charge in [0.15, 0.2) is 0 Å². The molecule has 0 fully saturated rings. The summed E-state index contributed by atoms with van der Waals surface area (Å²) >= 11 is 9.18. The second kappa shape index (κ2) is 5.10. The van der Waals surface area contributed by atoms with Crippen LogP contribution in [0.2, 0.25) is 5.15 Å². The number of aromatic nitrogens is 1. The highest BCUT2D eigenvalue weighted by molar-refractivity contribution is 9.08. The largest absolute Gasteiger partial charge is 0.236 e. The predicted molar refractivity (Wildman–Crippen MR) is 69.7 cm³/mol. The van der Waals surface area contributed by atoms with Gasteiger partial charge in [0.05, 0.1) is 5.52 Å². The predicted octanol–water partition coefficient (Wildman–Crippen LogP) is 4.36. The smallest absolute Gasteiger partial charge is 0.129 e. The lowest BCUT2D eigenvalue weighted by atomic mass is 10.1. The number of fused-ring (bicyclic) bond motifs is 1. The molecule has 0 saturated carbocycles. The minimum atomic E-state index is 0. The summed E-state index contributed by atoms with van der Waals surface area (Å²) in [6.07, 6.45) is 0. The Labute approximate surface area is 106 Å². The second-order valence-corrected chi connectivity index (χ2v) is 3.74. The Morgan fingerprint density at radius 3 is 2.71 bits per heavy atom. The van der Waals surface area contributed by atoms with Crippen molar-refractivity contribution in [2.75, 3.05) is 0 Å². The molecule has 0 bridgehead atoms. The fourth-order valence-electron chi connectivity index (χ4n) is 1.23. The Balaban J connectivity index is 0.000000980. The van der Waals surface area contributed by atoms with E-state index in [1.807, 2.05) is 24.3 Å². The first kappa shape index (κ1) is 12.0. The third-order valence-electron chi connectivity index (χ3n) is 1.87. The van der Waals surface area contributed by atoms with Crippen LogP contribution in [-0.2, 0) is 5.33 Å². The Hall–Kier alpha value is -0.120. The zero-order valence-electron chi connectivity index (χ0n) is 7.21. The number of nitrogens with zero attached hydrogens (tertiary/aromatic N) is 1. The van der Waals surface area contributed by atoms with Gasteiger partial charge in [-0.3, -0.25) is 0 Å². The van der Waals surface area contributed by atoms with Crippen molar-refractivity contribution in [1.82, 2.24) is 4.98 Å². The number of hydrogen-bond acceptors (Lipinski definition) is 1. The van der Waals surface area contributed by atoms with Crippen molar-refractivity contribution in [3.8, 4) is 0 Å². The molecule has 0 spiro atoms. The van der Waals surface area contributed by atoms with E-state index in [0.29, 0.717) is 5.15 Å². The highest BCUT2D eigenvalue weighted by Gasteiger charge is 1.97. The Morgan fingerprint density at radius 2 is 2.00 bits per heavy atom. The normalized spacial score (nSPS) is 9.86. The van der Waals surface area contributed by atoms with Gasteiger partial charge in [-0.25, -0.2) is 4.98 Å². The number of rotatable bonds is 1. The number of benzene rings is 1. The zero-order chi connectivity index (χ0) is 9.26. The SMILES string of the molecule is Br.Clc1ccc2cc(CBr)ccc2n1. The van der Waals surface area contributed by atoms with Crippen LogP contribution in [0, 0.1) is 0 Å². The van der Waals surface area contributed by atoms with E-state index in [4.69, 9.17) is 11.6 Å². The standard InChI is InChI=1S/C10H7BrClN.BrH/c11-6-7-1-3-9-8(5-7)2-4-10(12)13-9;/h1-5H,6H2;1H. The van der Waals surface area contributed by atoms with Crippen LogP contribution in [0.5, 0.6) is 0 Å². The average molecular weight is 337 g/mol. The molecule has 0 atom stereocenters. The van der Waals surface area contributed by atoms with Crippen molar-refractivity contribution in [3.63, 3.8) is 0 Å². The molecule has 1 heterocycles. The van der Waals surface area contributed by atoms with Crippen molar-refractivity contribution in [2.45, 2.75) is 5.33 Å². The topological polar surface area (TPSA) is 12.9 Å². The van der Waals surface area contributed by atoms with E-state index in [9.17, 15) is 0 Å². The molecule has 0 unspecified atom stereocenters. The summed E-state index contributed by atoms with van der Waals surface area (Å²) in [4.78, 5) is 4.20. The van der Waals surface area contributed by atoms with Gasteiger partial charge in [0.2, 0.25) is 0 Å². The van der Waals surface area contributed by atoms with Gasteiger partial charge in [-0.05, 0) is 29.8 Å². The first-order valence-electron chi connectivity index (χ1n) is 3.91. The number of alkyl halides is 1. The van der Waals surface area contributed by atoms with Crippen LogP contribution in [0.15, 0.2) is 30.3 Å². The highest BCUT2D eigenvalue weighted by atomic mass is 79.9. The molecule has 4 heteroatoms. The molecule has 14 heavy (non-hydrogen) atoms. The monoisotopic (exact) mass is 335 g/mol. The van der Waals surface area contributed by atoms with Crippen molar-refractivity contribution in [3.05, 3.63) is 41.0 Å². The summed E-state index contributed by atoms with van der Waals surface area (Å²) in [6.45, 7) is 0. The van der Waals surface area contributed by atoms with E-state index >= 15 is 0 Å². The van der Waals surface area contributed by atoms with Crippen LogP contribution in [0.25, 0.3) is 10.9 Å². The van der Waals surface area contributed by atoms with Crippen molar-refractivity contribution in [1.29, 1.82) is 0 Å². The van der Waals surface area contributed by atoms with Gasteiger partial charge < -0.3 is 0 Å². The van der Waals surface area contributed by atoms with Gasteiger partial charge in [-0.2, -0.15) is 0 Å². The Kier molecular flexibility index (Phi) is 4.35. The molecular weight excluding hydrogens is 329 g/mol. The van der Waals surface area contributed by atoms with Crippen LogP contribution in [0.4, 0.5) is 0 Å². The third kappa shape index (κ3) is 2.47. The van der Waals surface area contributed by atoms with E-state index in [1.165, 1.54) is 5.56 Å². The number of pyridine rings is 1. The lowest BCUT2D eigenvalue weighted by molar-refractivity contribution is 1.38. The summed E-state index contributed by atoms with van der Waals surface area (Å²) in [5.41, 5.74) is 2.19. The summed E-state index contributed by atoms with van der Waals surface area (Å²) in [5, 5.41) is 2.53. The molecule has 1 nitrogen and oxygen atoms in total. The molecule has 0 aliphatic rings. The summed E-state index contributed by atoms with van der Waals surface area (Å²) in [7, 11) is 0. The molecule has 2 aromatic rings. The maximum Gasteiger partial charge on any atom is 0.129 e. The van der Waals surface area contributed by atoms with Crippen molar-refractivity contribution in [2.24, 2.45) is 0 Å². The van der Waals surface area contributed by atoms with Gasteiger partial charge in [-0.1, -0.05) is 33.6 Å². The van der Waals surface area contributed by atoms with Gasteiger partial charge in [0.25, 0.3) is 0 Å². The lowest BCUT2D eigenvalue weighted by Crippen LogP contribution is -1.82. The van der Waals surface area contributed by atoms with Gasteiger partial charge in [-0.15, -0.1) is 17.0 Å². The van der Waals surface area contributed by atoms with E-state index in [-0.39, 0.29) is 17.0 Å². The molecule has 2 rings (SSSR count). The van der Waals surface area contributed by atoms with E-state index in [2.05, 4.69) is 27.0 Å². The van der Waals surface area contributed by atoms with E-state index in [1.54, 1.807) is 0 Å². The molecule has 0 aliphatic carbocycles.